The van der Waals surface area contributed by atoms with Crippen LogP contribution in [0.25, 0.3) is 0 Å². The Hall–Kier alpha value is -1.06. The van der Waals surface area contributed by atoms with Crippen LogP contribution < -0.4 is 5.32 Å². The van der Waals surface area contributed by atoms with E-state index in [1.165, 1.54) is 5.56 Å². The number of hydrogen-bond donors (Lipinski definition) is 3. The van der Waals surface area contributed by atoms with Gasteiger partial charge in [-0.15, -0.1) is 0 Å². The summed E-state index contributed by atoms with van der Waals surface area (Å²) in [7, 11) is 0. The van der Waals surface area contributed by atoms with Crippen LogP contribution in [0.5, 0.6) is 0 Å². The Balaban J connectivity index is 2.68. The number of aliphatic hydroxyl groups is 2. The molecule has 0 aliphatic rings. The molecule has 3 N–H and O–H groups in total. The predicted molar refractivity (Wildman–Crippen MR) is 71.2 cm³/mol. The Morgan fingerprint density at radius 3 is 2.41 bits per heavy atom. The molecule has 1 aromatic carbocycles. The Morgan fingerprint density at radius 2 is 1.82 bits per heavy atom. The first-order valence-electron chi connectivity index (χ1n) is 6.18. The number of nitrogens with one attached hydrogen (secondary N) is 1. The van der Waals surface area contributed by atoms with Crippen molar-refractivity contribution in [3.63, 3.8) is 0 Å². The summed E-state index contributed by atoms with van der Waals surface area (Å²) in [4.78, 5) is 0. The molecule has 0 saturated heterocycles. The molecule has 1 rings (SSSR count). The molecule has 0 aliphatic heterocycles. The van der Waals surface area contributed by atoms with Crippen LogP contribution in [0.4, 0.5) is 5.69 Å². The fourth-order valence-electron chi connectivity index (χ4n) is 1.65. The van der Waals surface area contributed by atoms with E-state index in [1.54, 1.807) is 0 Å². The van der Waals surface area contributed by atoms with E-state index in [0.29, 0.717) is 6.54 Å². The lowest BCUT2D eigenvalue weighted by molar-refractivity contribution is 0.0806. The van der Waals surface area contributed by atoms with Crippen molar-refractivity contribution in [2.24, 2.45) is 5.41 Å². The third-order valence-corrected chi connectivity index (χ3v) is 3.01. The highest BCUT2D eigenvalue weighted by Gasteiger charge is 2.22. The van der Waals surface area contributed by atoms with Crippen molar-refractivity contribution in [1.29, 1.82) is 0 Å². The summed E-state index contributed by atoms with van der Waals surface area (Å²) >= 11 is 0. The summed E-state index contributed by atoms with van der Waals surface area (Å²) in [6, 6.07) is 8.19. The minimum atomic E-state index is -0.473. The molecule has 0 atom stereocenters. The molecule has 0 unspecified atom stereocenters. The van der Waals surface area contributed by atoms with Crippen molar-refractivity contribution < 1.29 is 10.2 Å². The van der Waals surface area contributed by atoms with E-state index >= 15 is 0 Å². The van der Waals surface area contributed by atoms with Gasteiger partial charge in [0.15, 0.2) is 0 Å². The molecule has 0 radical (unpaired) electrons. The molecule has 0 bridgehead atoms. The molecule has 0 heterocycles. The van der Waals surface area contributed by atoms with Crippen LogP contribution in [-0.4, -0.2) is 30.0 Å². The average molecular weight is 237 g/mol. The molecule has 17 heavy (non-hydrogen) atoms. The Morgan fingerprint density at radius 1 is 1.18 bits per heavy atom. The minimum absolute atomic E-state index is 0.0214. The highest BCUT2D eigenvalue weighted by atomic mass is 16.3. The smallest absolute Gasteiger partial charge is 0.0523 e. The van der Waals surface area contributed by atoms with E-state index in [1.807, 2.05) is 25.1 Å². The molecule has 1 aromatic rings. The fourth-order valence-corrected chi connectivity index (χ4v) is 1.65. The van der Waals surface area contributed by atoms with Crippen molar-refractivity contribution >= 4 is 5.69 Å². The van der Waals surface area contributed by atoms with Crippen molar-refractivity contribution in [2.75, 3.05) is 25.1 Å². The first-order valence-corrected chi connectivity index (χ1v) is 6.18. The number of aliphatic hydroxyl groups excluding tert-OH is 2. The van der Waals surface area contributed by atoms with Crippen LogP contribution in [0, 0.1) is 5.41 Å². The van der Waals surface area contributed by atoms with E-state index in [-0.39, 0.29) is 13.2 Å². The minimum Gasteiger partial charge on any atom is -0.396 e. The number of anilines is 1. The van der Waals surface area contributed by atoms with Gasteiger partial charge in [0.2, 0.25) is 0 Å². The number of rotatable bonds is 7. The average Bonchev–Trinajstić information content (AvgIpc) is 2.38. The number of hydrogen-bond acceptors (Lipinski definition) is 3. The Bertz CT molecular complexity index is 335. The fraction of sp³-hybridized carbons (Fsp3) is 0.571. The van der Waals surface area contributed by atoms with Gasteiger partial charge in [-0.1, -0.05) is 38.5 Å². The van der Waals surface area contributed by atoms with Gasteiger partial charge in [0.25, 0.3) is 0 Å². The molecule has 0 aliphatic carbocycles. The van der Waals surface area contributed by atoms with Crippen LogP contribution in [0.15, 0.2) is 24.3 Å². The third-order valence-electron chi connectivity index (χ3n) is 3.01. The normalized spacial score (nSPS) is 11.5. The van der Waals surface area contributed by atoms with Crippen LogP contribution >= 0.6 is 0 Å². The predicted octanol–water partition coefficient (Wildman–Crippen LogP) is 2.04. The summed E-state index contributed by atoms with van der Waals surface area (Å²) in [6.45, 7) is 4.55. The van der Waals surface area contributed by atoms with Gasteiger partial charge in [0.05, 0.1) is 13.2 Å². The zero-order chi connectivity index (χ0) is 12.7. The van der Waals surface area contributed by atoms with Gasteiger partial charge in [0, 0.05) is 17.6 Å². The van der Waals surface area contributed by atoms with Gasteiger partial charge in [-0.3, -0.25) is 0 Å². The zero-order valence-electron chi connectivity index (χ0n) is 10.7. The van der Waals surface area contributed by atoms with Gasteiger partial charge >= 0.3 is 0 Å². The number of benzene rings is 1. The topological polar surface area (TPSA) is 52.5 Å². The largest absolute Gasteiger partial charge is 0.396 e. The van der Waals surface area contributed by atoms with E-state index in [2.05, 4.69) is 18.3 Å². The monoisotopic (exact) mass is 237 g/mol. The van der Waals surface area contributed by atoms with E-state index in [4.69, 9.17) is 0 Å². The van der Waals surface area contributed by atoms with Crippen LogP contribution in [0.1, 0.15) is 25.8 Å². The van der Waals surface area contributed by atoms with Gasteiger partial charge in [-0.2, -0.15) is 0 Å². The molecule has 0 fully saturated rings. The lowest BCUT2D eigenvalue weighted by atomic mass is 9.93. The lowest BCUT2D eigenvalue weighted by Crippen LogP contribution is -2.34. The number of para-hydroxylation sites is 1. The standard InChI is InChI=1S/C14H23NO2/c1-3-6-12-7-4-5-8-13(12)15-9-14(2,10-16)11-17/h4-5,7-8,15-17H,3,6,9-11H2,1-2H3. The number of aryl methyl sites for hydroxylation is 1. The third kappa shape index (κ3) is 4.02. The Labute approximate surface area is 103 Å². The summed E-state index contributed by atoms with van der Waals surface area (Å²) in [5.41, 5.74) is 1.91. The van der Waals surface area contributed by atoms with Crippen molar-refractivity contribution in [3.8, 4) is 0 Å². The highest BCUT2D eigenvalue weighted by Crippen LogP contribution is 2.20. The summed E-state index contributed by atoms with van der Waals surface area (Å²) in [6.07, 6.45) is 2.15. The second-order valence-electron chi connectivity index (χ2n) is 4.89. The maximum atomic E-state index is 9.24. The second kappa shape index (κ2) is 6.62. The second-order valence-corrected chi connectivity index (χ2v) is 4.89. The molecule has 96 valence electrons. The SMILES string of the molecule is CCCc1ccccc1NCC(C)(CO)CO. The maximum Gasteiger partial charge on any atom is 0.0523 e. The first kappa shape index (κ1) is 14.0. The first-order chi connectivity index (χ1) is 8.15. The lowest BCUT2D eigenvalue weighted by Gasteiger charge is -2.26. The highest BCUT2D eigenvalue weighted by molar-refractivity contribution is 5.51. The van der Waals surface area contributed by atoms with Crippen molar-refractivity contribution in [1.82, 2.24) is 0 Å². The molecule has 0 aromatic heterocycles. The van der Waals surface area contributed by atoms with Gasteiger partial charge < -0.3 is 15.5 Å². The molecule has 3 nitrogen and oxygen atoms in total. The van der Waals surface area contributed by atoms with E-state index in [0.717, 1.165) is 18.5 Å². The molecular weight excluding hydrogens is 214 g/mol. The van der Waals surface area contributed by atoms with Crippen molar-refractivity contribution in [3.05, 3.63) is 29.8 Å². The van der Waals surface area contributed by atoms with Crippen LogP contribution in [0.3, 0.4) is 0 Å². The molecule has 0 spiro atoms. The summed E-state index contributed by atoms with van der Waals surface area (Å²) < 4.78 is 0. The summed E-state index contributed by atoms with van der Waals surface area (Å²) in [5.74, 6) is 0. The molecule has 0 saturated carbocycles. The zero-order valence-corrected chi connectivity index (χ0v) is 10.7. The maximum absolute atomic E-state index is 9.24. The van der Waals surface area contributed by atoms with E-state index in [9.17, 15) is 10.2 Å². The summed E-state index contributed by atoms with van der Waals surface area (Å²) in [5, 5.41) is 21.8. The molecule has 3 heteroatoms. The van der Waals surface area contributed by atoms with E-state index < -0.39 is 5.41 Å². The van der Waals surface area contributed by atoms with Crippen LogP contribution in [0.2, 0.25) is 0 Å². The van der Waals surface area contributed by atoms with Gasteiger partial charge in [-0.05, 0) is 18.1 Å². The Kier molecular flexibility index (Phi) is 5.45. The molecule has 0 amide bonds. The quantitative estimate of drug-likeness (QED) is 0.680. The van der Waals surface area contributed by atoms with Gasteiger partial charge in [0.1, 0.15) is 0 Å². The van der Waals surface area contributed by atoms with Crippen molar-refractivity contribution in [2.45, 2.75) is 26.7 Å². The molecular formula is C14H23NO2. The van der Waals surface area contributed by atoms with Crippen LogP contribution in [-0.2, 0) is 6.42 Å². The van der Waals surface area contributed by atoms with Gasteiger partial charge in [-0.25, -0.2) is 0 Å².